The minimum absolute atomic E-state index is 0.0930. The largest absolute Gasteiger partial charge is 0.445 e. The van der Waals surface area contributed by atoms with Crippen LogP contribution < -0.4 is 16.2 Å². The number of benzene rings is 1. The van der Waals surface area contributed by atoms with E-state index in [0.717, 1.165) is 5.56 Å². The van der Waals surface area contributed by atoms with E-state index >= 15 is 0 Å². The lowest BCUT2D eigenvalue weighted by molar-refractivity contribution is -0.141. The molecule has 1 aliphatic heterocycles. The van der Waals surface area contributed by atoms with Gasteiger partial charge in [-0.1, -0.05) is 44.2 Å². The van der Waals surface area contributed by atoms with Gasteiger partial charge in [-0.05, 0) is 24.3 Å². The van der Waals surface area contributed by atoms with Gasteiger partial charge in [0.05, 0.1) is 6.04 Å². The van der Waals surface area contributed by atoms with Gasteiger partial charge < -0.3 is 10.1 Å². The number of carbonyl (C=O) groups excluding carboxylic acids is 4. The van der Waals surface area contributed by atoms with Crippen molar-refractivity contribution < 1.29 is 23.9 Å². The summed E-state index contributed by atoms with van der Waals surface area (Å²) in [7, 11) is 0. The molecule has 2 amide bonds. The summed E-state index contributed by atoms with van der Waals surface area (Å²) < 4.78 is 5.20. The fourth-order valence-corrected chi connectivity index (χ4v) is 3.00. The zero-order chi connectivity index (χ0) is 20.5. The Bertz CT molecular complexity index is 705. The minimum Gasteiger partial charge on any atom is -0.445 e. The van der Waals surface area contributed by atoms with Crippen molar-refractivity contribution in [1.82, 2.24) is 16.2 Å². The Hall–Kier alpha value is -2.74. The molecule has 0 aliphatic carbocycles. The van der Waals surface area contributed by atoms with E-state index in [1.807, 2.05) is 44.2 Å². The van der Waals surface area contributed by atoms with Gasteiger partial charge in [0.25, 0.3) is 0 Å². The van der Waals surface area contributed by atoms with Crippen LogP contribution in [0.3, 0.4) is 0 Å². The molecule has 8 heteroatoms. The van der Waals surface area contributed by atoms with E-state index in [2.05, 4.69) is 16.2 Å². The highest BCUT2D eigenvalue weighted by molar-refractivity contribution is 6.37. The number of hydrazine groups is 1. The number of amides is 2. The molecule has 2 unspecified atom stereocenters. The maximum absolute atomic E-state index is 12.7. The Balaban J connectivity index is 1.95. The summed E-state index contributed by atoms with van der Waals surface area (Å²) in [6, 6.07) is 8.45. The zero-order valence-corrected chi connectivity index (χ0v) is 16.2. The van der Waals surface area contributed by atoms with Crippen LogP contribution in [0.1, 0.15) is 38.7 Å². The van der Waals surface area contributed by atoms with Crippen LogP contribution >= 0.6 is 0 Å². The predicted octanol–water partition coefficient (Wildman–Crippen LogP) is 1.50. The average molecular weight is 389 g/mol. The van der Waals surface area contributed by atoms with Gasteiger partial charge >= 0.3 is 12.0 Å². The van der Waals surface area contributed by atoms with Crippen molar-refractivity contribution in [3.8, 4) is 0 Å². The van der Waals surface area contributed by atoms with Gasteiger partial charge in [-0.2, -0.15) is 0 Å². The van der Waals surface area contributed by atoms with Gasteiger partial charge in [0.15, 0.2) is 5.78 Å². The number of ketones is 2. The molecule has 1 saturated heterocycles. The smallest absolute Gasteiger partial charge is 0.408 e. The number of hydrogen-bond acceptors (Lipinski definition) is 6. The third-order valence-electron chi connectivity index (χ3n) is 4.46. The van der Waals surface area contributed by atoms with Gasteiger partial charge in [-0.3, -0.25) is 19.8 Å². The lowest BCUT2D eigenvalue weighted by Crippen LogP contribution is -2.43. The first kappa shape index (κ1) is 21.6. The second-order valence-electron chi connectivity index (χ2n) is 7.29. The molecule has 1 aromatic rings. The molecule has 0 radical (unpaired) electrons. The van der Waals surface area contributed by atoms with Crippen molar-refractivity contribution in [2.45, 2.75) is 45.8 Å². The van der Waals surface area contributed by atoms with Crippen molar-refractivity contribution in [2.24, 2.45) is 11.8 Å². The van der Waals surface area contributed by atoms with Gasteiger partial charge in [-0.15, -0.1) is 0 Å². The average Bonchev–Trinajstić information content (AvgIpc) is 2.82. The van der Waals surface area contributed by atoms with E-state index in [-0.39, 0.29) is 24.7 Å². The number of Topliss-reactive ketones (excluding diaryl/α,β-unsaturated/α-hetero) is 2. The quantitative estimate of drug-likeness (QED) is 0.581. The van der Waals surface area contributed by atoms with Gasteiger partial charge in [0.1, 0.15) is 6.61 Å². The fraction of sp³-hybridized carbons (Fsp3) is 0.500. The molecule has 1 heterocycles. The van der Waals surface area contributed by atoms with Crippen LogP contribution in [0.2, 0.25) is 0 Å². The first-order valence-electron chi connectivity index (χ1n) is 9.43. The van der Waals surface area contributed by atoms with Crippen molar-refractivity contribution in [3.63, 3.8) is 0 Å². The summed E-state index contributed by atoms with van der Waals surface area (Å²) in [6.07, 6.45) is 0.0138. The monoisotopic (exact) mass is 389 g/mol. The van der Waals surface area contributed by atoms with Crippen molar-refractivity contribution in [3.05, 3.63) is 35.9 Å². The molecule has 3 N–H and O–H groups in total. The van der Waals surface area contributed by atoms with Crippen LogP contribution in [-0.2, 0) is 25.7 Å². The maximum atomic E-state index is 12.7. The number of ether oxygens (including phenoxy) is 1. The number of rotatable bonds is 8. The topological polar surface area (TPSA) is 114 Å². The van der Waals surface area contributed by atoms with Crippen LogP contribution in [-0.4, -0.2) is 36.2 Å². The summed E-state index contributed by atoms with van der Waals surface area (Å²) in [4.78, 5) is 48.6. The summed E-state index contributed by atoms with van der Waals surface area (Å²) in [5, 5.41) is 2.61. The number of hydrogen-bond donors (Lipinski definition) is 3. The number of alkyl carbamates (subject to hydrolysis) is 1. The van der Waals surface area contributed by atoms with E-state index in [4.69, 9.17) is 4.74 Å². The predicted molar refractivity (Wildman–Crippen MR) is 102 cm³/mol. The Kier molecular flexibility index (Phi) is 8.13. The third kappa shape index (κ3) is 6.77. The molecule has 0 spiro atoms. The number of nitrogens with one attached hydrogen (secondary N) is 3. The molecular weight excluding hydrogens is 362 g/mol. The molecule has 2 rings (SSSR count). The van der Waals surface area contributed by atoms with Crippen molar-refractivity contribution in [1.29, 1.82) is 0 Å². The summed E-state index contributed by atoms with van der Waals surface area (Å²) in [5.74, 6) is -2.19. The maximum Gasteiger partial charge on any atom is 0.408 e. The lowest BCUT2D eigenvalue weighted by atomic mass is 9.89. The fourth-order valence-electron chi connectivity index (χ4n) is 3.00. The van der Waals surface area contributed by atoms with Gasteiger partial charge in [-0.25, -0.2) is 10.2 Å². The molecule has 0 bridgehead atoms. The Morgan fingerprint density at radius 3 is 2.61 bits per heavy atom. The van der Waals surface area contributed by atoms with Crippen molar-refractivity contribution >= 4 is 23.6 Å². The molecule has 0 aromatic heterocycles. The first-order chi connectivity index (χ1) is 13.4. The molecule has 1 aliphatic rings. The van der Waals surface area contributed by atoms with Gasteiger partial charge in [0.2, 0.25) is 5.78 Å². The molecule has 152 valence electrons. The first-order valence-corrected chi connectivity index (χ1v) is 9.43. The van der Waals surface area contributed by atoms with Crippen LogP contribution in [0.25, 0.3) is 0 Å². The highest BCUT2D eigenvalue weighted by atomic mass is 16.5. The standard InChI is InChI=1S/C20H27N3O5/c1-13(2)10-16(22-20(27)28-12-14-6-4-3-5-7-14)17(24)11-15-8-9-21-23-19(26)18(15)25/h3-7,13,15-16,21H,8-12H2,1-2H3,(H,22,27)(H,23,26). The summed E-state index contributed by atoms with van der Waals surface area (Å²) in [6.45, 7) is 4.37. The minimum atomic E-state index is -0.768. The normalized spacial score (nSPS) is 18.2. The highest BCUT2D eigenvalue weighted by Crippen LogP contribution is 2.16. The summed E-state index contributed by atoms with van der Waals surface area (Å²) in [5.41, 5.74) is 5.76. The molecule has 0 saturated carbocycles. The third-order valence-corrected chi connectivity index (χ3v) is 4.46. The second kappa shape index (κ2) is 10.6. The molecule has 2 atom stereocenters. The van der Waals surface area contributed by atoms with E-state index < -0.39 is 29.7 Å². The molecule has 8 nitrogen and oxygen atoms in total. The zero-order valence-electron chi connectivity index (χ0n) is 16.2. The number of carbonyl (C=O) groups is 4. The van der Waals surface area contributed by atoms with Crippen LogP contribution in [0.5, 0.6) is 0 Å². The van der Waals surface area contributed by atoms with E-state index in [1.165, 1.54) is 0 Å². The van der Waals surface area contributed by atoms with Crippen molar-refractivity contribution in [2.75, 3.05) is 6.54 Å². The Morgan fingerprint density at radius 1 is 1.21 bits per heavy atom. The second-order valence-corrected chi connectivity index (χ2v) is 7.29. The van der Waals surface area contributed by atoms with E-state index in [0.29, 0.717) is 19.4 Å². The van der Waals surface area contributed by atoms with E-state index in [1.54, 1.807) is 0 Å². The SMILES string of the molecule is CC(C)CC(NC(=O)OCc1ccccc1)C(=O)CC1CCNNC(=O)C1=O. The Morgan fingerprint density at radius 2 is 1.93 bits per heavy atom. The van der Waals surface area contributed by atoms with Gasteiger partial charge in [0, 0.05) is 18.9 Å². The molecular formula is C20H27N3O5. The van der Waals surface area contributed by atoms with Crippen LogP contribution in [0.15, 0.2) is 30.3 Å². The van der Waals surface area contributed by atoms with E-state index in [9.17, 15) is 19.2 Å². The van der Waals surface area contributed by atoms with Crippen LogP contribution in [0, 0.1) is 11.8 Å². The Labute approximate surface area is 164 Å². The molecule has 1 fully saturated rings. The highest BCUT2D eigenvalue weighted by Gasteiger charge is 2.32. The molecule has 28 heavy (non-hydrogen) atoms. The van der Waals surface area contributed by atoms with Crippen LogP contribution in [0.4, 0.5) is 4.79 Å². The lowest BCUT2D eigenvalue weighted by Gasteiger charge is -2.21. The molecule has 1 aromatic carbocycles. The summed E-state index contributed by atoms with van der Waals surface area (Å²) >= 11 is 0.